The van der Waals surface area contributed by atoms with E-state index in [9.17, 15) is 4.79 Å². The van der Waals surface area contributed by atoms with Crippen molar-refractivity contribution < 1.29 is 19.0 Å². The molecular weight excluding hydrogens is 354 g/mol. The average Bonchev–Trinajstić information content (AvgIpc) is 2.72. The smallest absolute Gasteiger partial charge is 0.243 e. The summed E-state index contributed by atoms with van der Waals surface area (Å²) >= 11 is 0. The molecule has 0 radical (unpaired) electrons. The summed E-state index contributed by atoms with van der Waals surface area (Å²) in [5, 5.41) is 2.91. The number of carbonyl (C=O) groups is 1. The summed E-state index contributed by atoms with van der Waals surface area (Å²) in [6.45, 7) is 5.62. The van der Waals surface area contributed by atoms with Crippen LogP contribution in [0.2, 0.25) is 0 Å². The normalized spacial score (nSPS) is 10.7. The number of carbonyl (C=O) groups excluding carboxylic acids is 1. The molecule has 0 bridgehead atoms. The zero-order valence-corrected chi connectivity index (χ0v) is 16.9. The molecule has 0 aliphatic rings. The molecule has 0 saturated carbocycles. The van der Waals surface area contributed by atoms with Crippen LogP contribution in [-0.4, -0.2) is 32.8 Å². The lowest BCUT2D eigenvalue weighted by molar-refractivity contribution is -0.116. The van der Waals surface area contributed by atoms with Crippen LogP contribution in [0.25, 0.3) is 6.08 Å². The molecule has 2 aromatic rings. The van der Waals surface area contributed by atoms with Crippen LogP contribution in [0.3, 0.4) is 0 Å². The Morgan fingerprint density at radius 3 is 2.39 bits per heavy atom. The number of ether oxygens (including phenoxy) is 3. The highest BCUT2D eigenvalue weighted by atomic mass is 16.5. The van der Waals surface area contributed by atoms with Gasteiger partial charge in [-0.25, -0.2) is 0 Å². The maximum Gasteiger partial charge on any atom is 0.243 e. The summed E-state index contributed by atoms with van der Waals surface area (Å²) in [6.07, 6.45) is 5.10. The maximum atomic E-state index is 12.0. The summed E-state index contributed by atoms with van der Waals surface area (Å²) < 4.78 is 16.3. The van der Waals surface area contributed by atoms with E-state index in [2.05, 4.69) is 5.32 Å². The second-order valence-electron chi connectivity index (χ2n) is 6.15. The number of rotatable bonds is 11. The van der Waals surface area contributed by atoms with E-state index >= 15 is 0 Å². The Balaban J connectivity index is 1.80. The molecule has 0 spiro atoms. The van der Waals surface area contributed by atoms with E-state index in [1.165, 1.54) is 5.56 Å². The predicted molar refractivity (Wildman–Crippen MR) is 112 cm³/mol. The number of hydrogen-bond acceptors (Lipinski definition) is 4. The van der Waals surface area contributed by atoms with Crippen LogP contribution in [0.15, 0.2) is 48.5 Å². The molecule has 1 N–H and O–H groups in total. The van der Waals surface area contributed by atoms with Crippen LogP contribution >= 0.6 is 0 Å². The Bertz CT molecular complexity index is 769. The van der Waals surface area contributed by atoms with Gasteiger partial charge < -0.3 is 19.5 Å². The fraction of sp³-hybridized carbons (Fsp3) is 0.348. The van der Waals surface area contributed by atoms with Gasteiger partial charge in [0.05, 0.1) is 20.3 Å². The van der Waals surface area contributed by atoms with Crippen LogP contribution < -0.4 is 19.5 Å². The molecular formula is C23H29NO4. The minimum absolute atomic E-state index is 0.110. The van der Waals surface area contributed by atoms with Crippen molar-refractivity contribution in [2.24, 2.45) is 0 Å². The molecule has 0 aliphatic carbocycles. The number of hydrogen-bond donors (Lipinski definition) is 1. The summed E-state index contributed by atoms with van der Waals surface area (Å²) in [5.41, 5.74) is 2.11. The van der Waals surface area contributed by atoms with Gasteiger partial charge in [-0.2, -0.15) is 0 Å². The third kappa shape index (κ3) is 6.99. The van der Waals surface area contributed by atoms with Crippen LogP contribution in [0, 0.1) is 0 Å². The number of nitrogens with one attached hydrogen (secondary N) is 1. The molecule has 0 fully saturated rings. The summed E-state index contributed by atoms with van der Waals surface area (Å²) in [6, 6.07) is 13.6. The molecule has 150 valence electrons. The van der Waals surface area contributed by atoms with Gasteiger partial charge in [-0.3, -0.25) is 4.79 Å². The van der Waals surface area contributed by atoms with Crippen molar-refractivity contribution in [2.75, 3.05) is 26.9 Å². The molecule has 0 heterocycles. The molecule has 0 aromatic heterocycles. The predicted octanol–water partition coefficient (Wildman–Crippen LogP) is 4.25. The second-order valence-corrected chi connectivity index (χ2v) is 6.15. The third-order valence-electron chi connectivity index (χ3n) is 4.10. The number of methoxy groups -OCH3 is 1. The Morgan fingerprint density at radius 1 is 1.00 bits per heavy atom. The Labute approximate surface area is 167 Å². The summed E-state index contributed by atoms with van der Waals surface area (Å²) in [4.78, 5) is 12.0. The summed E-state index contributed by atoms with van der Waals surface area (Å²) in [7, 11) is 1.66. The Hall–Kier alpha value is -2.95. The summed E-state index contributed by atoms with van der Waals surface area (Å²) in [5.74, 6) is 2.14. The first-order valence-electron chi connectivity index (χ1n) is 9.64. The van der Waals surface area contributed by atoms with Gasteiger partial charge >= 0.3 is 0 Å². The molecule has 0 aliphatic heterocycles. The van der Waals surface area contributed by atoms with E-state index < -0.39 is 0 Å². The van der Waals surface area contributed by atoms with Crippen molar-refractivity contribution >= 4 is 12.0 Å². The lowest BCUT2D eigenvalue weighted by Gasteiger charge is -2.11. The first-order chi connectivity index (χ1) is 13.7. The van der Waals surface area contributed by atoms with Crippen molar-refractivity contribution in [2.45, 2.75) is 26.7 Å². The Morgan fingerprint density at radius 2 is 1.71 bits per heavy atom. The van der Waals surface area contributed by atoms with E-state index in [-0.39, 0.29) is 5.91 Å². The van der Waals surface area contributed by atoms with Crippen molar-refractivity contribution in [1.29, 1.82) is 0 Å². The lowest BCUT2D eigenvalue weighted by atomic mass is 10.1. The van der Waals surface area contributed by atoms with E-state index in [1.54, 1.807) is 19.3 Å². The lowest BCUT2D eigenvalue weighted by Crippen LogP contribution is -2.22. The SMILES string of the molecule is CCOc1ccc(/C=C/C(=O)NCCCc2ccc(OC)cc2)cc1OCC. The highest BCUT2D eigenvalue weighted by Crippen LogP contribution is 2.29. The van der Waals surface area contributed by atoms with Crippen molar-refractivity contribution in [1.82, 2.24) is 5.32 Å². The molecule has 1 amide bonds. The zero-order chi connectivity index (χ0) is 20.2. The van der Waals surface area contributed by atoms with Gasteiger partial charge in [-0.15, -0.1) is 0 Å². The number of benzene rings is 2. The average molecular weight is 383 g/mol. The fourth-order valence-corrected chi connectivity index (χ4v) is 2.70. The maximum absolute atomic E-state index is 12.0. The standard InChI is InChI=1S/C23H29NO4/c1-4-27-21-14-10-19(17-22(21)28-5-2)11-15-23(25)24-16-6-7-18-8-12-20(26-3)13-9-18/h8-15,17H,4-7,16H2,1-3H3,(H,24,25)/b15-11+. The molecule has 5 heteroatoms. The number of aryl methyl sites for hydroxylation is 1. The molecule has 5 nitrogen and oxygen atoms in total. The quantitative estimate of drug-likeness (QED) is 0.465. The molecule has 2 aromatic carbocycles. The molecule has 0 atom stereocenters. The molecule has 0 saturated heterocycles. The highest BCUT2D eigenvalue weighted by Gasteiger charge is 2.05. The van der Waals surface area contributed by atoms with E-state index in [4.69, 9.17) is 14.2 Å². The van der Waals surface area contributed by atoms with Gasteiger partial charge in [-0.1, -0.05) is 18.2 Å². The largest absolute Gasteiger partial charge is 0.497 e. The van der Waals surface area contributed by atoms with Gasteiger partial charge in [0.15, 0.2) is 11.5 Å². The van der Waals surface area contributed by atoms with E-state index in [1.807, 2.05) is 56.3 Å². The van der Waals surface area contributed by atoms with E-state index in [0.29, 0.717) is 31.3 Å². The van der Waals surface area contributed by atoms with Gasteiger partial charge in [0.25, 0.3) is 0 Å². The van der Waals surface area contributed by atoms with Crippen LogP contribution in [0.5, 0.6) is 17.2 Å². The molecule has 2 rings (SSSR count). The second kappa shape index (κ2) is 11.7. The monoisotopic (exact) mass is 383 g/mol. The number of amides is 1. The Kier molecular flexibility index (Phi) is 8.92. The van der Waals surface area contributed by atoms with Crippen molar-refractivity contribution in [3.63, 3.8) is 0 Å². The van der Waals surface area contributed by atoms with Crippen molar-refractivity contribution in [3.05, 3.63) is 59.7 Å². The topological polar surface area (TPSA) is 56.8 Å². The minimum Gasteiger partial charge on any atom is -0.497 e. The first kappa shape index (κ1) is 21.4. The fourth-order valence-electron chi connectivity index (χ4n) is 2.70. The molecule has 28 heavy (non-hydrogen) atoms. The van der Waals surface area contributed by atoms with Gasteiger partial charge in [0, 0.05) is 12.6 Å². The van der Waals surface area contributed by atoms with Crippen LogP contribution in [0.1, 0.15) is 31.4 Å². The highest BCUT2D eigenvalue weighted by molar-refractivity contribution is 5.91. The third-order valence-corrected chi connectivity index (χ3v) is 4.10. The van der Waals surface area contributed by atoms with Crippen molar-refractivity contribution in [3.8, 4) is 17.2 Å². The van der Waals surface area contributed by atoms with E-state index in [0.717, 1.165) is 24.2 Å². The molecule has 0 unspecified atom stereocenters. The van der Waals surface area contributed by atoms with Crippen LogP contribution in [0.4, 0.5) is 0 Å². The van der Waals surface area contributed by atoms with Gasteiger partial charge in [0.2, 0.25) is 5.91 Å². The first-order valence-corrected chi connectivity index (χ1v) is 9.64. The van der Waals surface area contributed by atoms with Crippen LogP contribution in [-0.2, 0) is 11.2 Å². The zero-order valence-electron chi connectivity index (χ0n) is 16.9. The van der Waals surface area contributed by atoms with Gasteiger partial charge in [-0.05, 0) is 68.2 Å². The van der Waals surface area contributed by atoms with Gasteiger partial charge in [0.1, 0.15) is 5.75 Å². The minimum atomic E-state index is -0.110.